The fourth-order valence-electron chi connectivity index (χ4n) is 3.76. The molecule has 0 amide bonds. The van der Waals surface area contributed by atoms with Gasteiger partial charge in [0.25, 0.3) is 10.1 Å². The highest BCUT2D eigenvalue weighted by Gasteiger charge is 2.54. The van der Waals surface area contributed by atoms with E-state index in [0.29, 0.717) is 18.4 Å². The maximum Gasteiger partial charge on any atom is 0.261 e. The molecule has 0 aliphatic carbocycles. The quantitative estimate of drug-likeness (QED) is 0.649. The molecule has 32 heavy (non-hydrogen) atoms. The van der Waals surface area contributed by atoms with Crippen molar-refractivity contribution in [3.05, 3.63) is 65.5 Å². The summed E-state index contributed by atoms with van der Waals surface area (Å²) in [5, 5.41) is 12.3. The van der Waals surface area contributed by atoms with Crippen LogP contribution in [0.3, 0.4) is 0 Å². The Balaban J connectivity index is 0.000000523. The summed E-state index contributed by atoms with van der Waals surface area (Å²) in [5.74, 6) is -0.295. The van der Waals surface area contributed by atoms with Crippen LogP contribution in [0.5, 0.6) is 0 Å². The summed E-state index contributed by atoms with van der Waals surface area (Å²) in [6, 6.07) is 14.6. The normalized spacial score (nSPS) is 22.9. The largest absolute Gasteiger partial charge is 0.378 e. The lowest BCUT2D eigenvalue weighted by atomic mass is 9.92. The maximum atomic E-state index is 14.6. The Morgan fingerprint density at radius 3 is 2.38 bits per heavy atom. The molecular weight excluding hydrogens is 453 g/mol. The van der Waals surface area contributed by atoms with E-state index in [1.807, 2.05) is 54.2 Å². The Labute approximate surface area is 192 Å². The smallest absolute Gasteiger partial charge is 0.261 e. The Kier molecular flexibility index (Phi) is 7.49. The van der Waals surface area contributed by atoms with Crippen LogP contribution in [0.25, 0.3) is 0 Å². The molecule has 7 nitrogen and oxygen atoms in total. The van der Waals surface area contributed by atoms with Gasteiger partial charge >= 0.3 is 0 Å². The predicted molar refractivity (Wildman–Crippen MR) is 127 cm³/mol. The second-order valence-electron chi connectivity index (χ2n) is 7.94. The zero-order valence-corrected chi connectivity index (χ0v) is 19.9. The third kappa shape index (κ3) is 5.43. The summed E-state index contributed by atoms with van der Waals surface area (Å²) in [7, 11) is 0.299. The number of rotatable bonds is 3. The molecule has 1 fully saturated rings. The fourth-order valence-corrected chi connectivity index (χ4v) is 5.24. The highest BCUT2D eigenvalue weighted by Crippen LogP contribution is 2.55. The van der Waals surface area contributed by atoms with Crippen LogP contribution in [0.2, 0.25) is 0 Å². The van der Waals surface area contributed by atoms with Crippen molar-refractivity contribution in [3.63, 3.8) is 0 Å². The van der Waals surface area contributed by atoms with E-state index >= 15 is 0 Å². The number of nitrogens with zero attached hydrogens (tertiary/aromatic N) is 3. The van der Waals surface area contributed by atoms with Crippen LogP contribution in [0.1, 0.15) is 29.2 Å². The van der Waals surface area contributed by atoms with E-state index in [-0.39, 0.29) is 5.82 Å². The van der Waals surface area contributed by atoms with Crippen LogP contribution in [0, 0.1) is 5.82 Å². The van der Waals surface area contributed by atoms with Gasteiger partial charge in [-0.1, -0.05) is 42.1 Å². The summed E-state index contributed by atoms with van der Waals surface area (Å²) in [4.78, 5) is 8.66. The molecule has 1 saturated heterocycles. The average molecular weight is 482 g/mol. The zero-order chi connectivity index (χ0) is 23.5. The molecule has 0 aromatic heterocycles. The highest BCUT2D eigenvalue weighted by molar-refractivity contribution is 8.14. The molecule has 0 bridgehead atoms. The molecule has 2 N–H and O–H groups in total. The van der Waals surface area contributed by atoms with Crippen LogP contribution in [0.4, 0.5) is 10.1 Å². The fraction of sp³-hybridized carbons (Fsp3) is 0.409. The number of halogens is 1. The SMILES string of the molecule is CN(C)c1ccc(C2(O)C(c3ccccc3F)SC3=NCCCCN32)cc1.CS(=O)(=O)O. The number of hydrogen-bond donors (Lipinski definition) is 2. The minimum absolute atomic E-state index is 0.295. The van der Waals surface area contributed by atoms with Crippen molar-refractivity contribution in [1.29, 1.82) is 0 Å². The van der Waals surface area contributed by atoms with Crippen molar-refractivity contribution in [1.82, 2.24) is 4.90 Å². The third-order valence-corrected chi connectivity index (χ3v) is 6.64. The van der Waals surface area contributed by atoms with Crippen LogP contribution in [-0.2, 0) is 15.8 Å². The van der Waals surface area contributed by atoms with Crippen LogP contribution in [0.15, 0.2) is 53.5 Å². The van der Waals surface area contributed by atoms with Crippen molar-refractivity contribution >= 4 is 32.7 Å². The van der Waals surface area contributed by atoms with Gasteiger partial charge in [-0.25, -0.2) is 4.39 Å². The number of anilines is 1. The molecular formula is C22H28FN3O4S2. The first-order valence-corrected chi connectivity index (χ1v) is 12.9. The topological polar surface area (TPSA) is 93.4 Å². The average Bonchev–Trinajstić information content (AvgIpc) is 2.86. The first kappa shape index (κ1) is 24.5. The molecule has 10 heteroatoms. The van der Waals surface area contributed by atoms with Crippen molar-refractivity contribution < 1.29 is 22.5 Å². The van der Waals surface area contributed by atoms with Gasteiger partial charge in [-0.15, -0.1) is 0 Å². The van der Waals surface area contributed by atoms with E-state index in [9.17, 15) is 17.9 Å². The molecule has 174 valence electrons. The van der Waals surface area contributed by atoms with Crippen LogP contribution in [-0.4, -0.2) is 61.6 Å². The summed E-state index contributed by atoms with van der Waals surface area (Å²) >= 11 is 1.46. The van der Waals surface area contributed by atoms with Crippen LogP contribution < -0.4 is 4.90 Å². The van der Waals surface area contributed by atoms with Crippen molar-refractivity contribution in [2.24, 2.45) is 4.99 Å². The summed E-state index contributed by atoms with van der Waals surface area (Å²) in [5.41, 5.74) is 1.000. The molecule has 2 aliphatic heterocycles. The Hall–Kier alpha value is -2.14. The summed E-state index contributed by atoms with van der Waals surface area (Å²) < 4.78 is 40.5. The first-order chi connectivity index (χ1) is 15.0. The summed E-state index contributed by atoms with van der Waals surface area (Å²) in [6.07, 6.45) is 2.67. The number of fused-ring (bicyclic) bond motifs is 1. The van der Waals surface area contributed by atoms with Gasteiger partial charge in [-0.05, 0) is 31.0 Å². The lowest BCUT2D eigenvalue weighted by Crippen LogP contribution is -2.46. The molecule has 2 unspecified atom stereocenters. The van der Waals surface area contributed by atoms with Crippen molar-refractivity contribution in [2.45, 2.75) is 23.8 Å². The van der Waals surface area contributed by atoms with Gasteiger partial charge < -0.3 is 14.9 Å². The van der Waals surface area contributed by atoms with E-state index in [2.05, 4.69) is 4.99 Å². The number of benzene rings is 2. The molecule has 2 aliphatic rings. The number of hydrogen-bond acceptors (Lipinski definition) is 7. The van der Waals surface area contributed by atoms with Crippen molar-refractivity contribution in [2.75, 3.05) is 38.3 Å². The van der Waals surface area contributed by atoms with Crippen molar-refractivity contribution in [3.8, 4) is 0 Å². The molecule has 0 spiro atoms. The Morgan fingerprint density at radius 1 is 1.16 bits per heavy atom. The van der Waals surface area contributed by atoms with Gasteiger partial charge in [-0.3, -0.25) is 9.55 Å². The first-order valence-electron chi connectivity index (χ1n) is 10.2. The van der Waals surface area contributed by atoms with E-state index in [0.717, 1.165) is 35.8 Å². The monoisotopic (exact) mass is 481 g/mol. The third-order valence-electron chi connectivity index (χ3n) is 5.26. The number of aliphatic imine (C=N–C) groups is 1. The molecule has 2 heterocycles. The summed E-state index contributed by atoms with van der Waals surface area (Å²) in [6.45, 7) is 1.46. The second-order valence-corrected chi connectivity index (χ2v) is 10.5. The Morgan fingerprint density at radius 2 is 1.78 bits per heavy atom. The number of thioether (sulfide) groups is 1. The number of aliphatic hydroxyl groups is 1. The van der Waals surface area contributed by atoms with E-state index < -0.39 is 21.1 Å². The maximum absolute atomic E-state index is 14.6. The molecule has 2 aromatic rings. The lowest BCUT2D eigenvalue weighted by Gasteiger charge is -2.38. The molecule has 0 radical (unpaired) electrons. The minimum Gasteiger partial charge on any atom is -0.378 e. The standard InChI is InChI=1S/C21H24FN3OS.CH4O3S/c1-24(2)16-11-9-15(10-12-16)21(26)19(17-7-3-4-8-18(17)22)27-20-23-13-5-6-14-25(20)21;1-5(2,3)4/h3-4,7-12,19,26H,5-6,13-14H2,1-2H3;1H3,(H,2,3,4). The molecule has 4 rings (SSSR count). The highest BCUT2D eigenvalue weighted by atomic mass is 32.2. The Bertz CT molecular complexity index is 1070. The van der Waals surface area contributed by atoms with E-state index in [1.165, 1.54) is 17.8 Å². The lowest BCUT2D eigenvalue weighted by molar-refractivity contribution is -0.0717. The van der Waals surface area contributed by atoms with Gasteiger partial charge in [0.05, 0.1) is 11.5 Å². The second kappa shape index (κ2) is 9.78. The predicted octanol–water partition coefficient (Wildman–Crippen LogP) is 3.48. The minimum atomic E-state index is -3.67. The number of amidine groups is 1. The molecule has 2 aromatic carbocycles. The van der Waals surface area contributed by atoms with Gasteiger partial charge in [0.1, 0.15) is 5.82 Å². The van der Waals surface area contributed by atoms with E-state index in [4.69, 9.17) is 4.55 Å². The molecule has 2 atom stereocenters. The van der Waals surface area contributed by atoms with Crippen LogP contribution >= 0.6 is 11.8 Å². The van der Waals surface area contributed by atoms with Gasteiger partial charge in [-0.2, -0.15) is 8.42 Å². The van der Waals surface area contributed by atoms with Gasteiger partial charge in [0, 0.05) is 44.0 Å². The van der Waals surface area contributed by atoms with Gasteiger partial charge in [0.2, 0.25) is 0 Å². The zero-order valence-electron chi connectivity index (χ0n) is 18.3. The molecule has 0 saturated carbocycles. The van der Waals surface area contributed by atoms with Gasteiger partial charge in [0.15, 0.2) is 10.9 Å². The van der Waals surface area contributed by atoms with E-state index in [1.54, 1.807) is 12.1 Å².